The van der Waals surface area contributed by atoms with Crippen LogP contribution in [-0.2, 0) is 0 Å². The fourth-order valence-electron chi connectivity index (χ4n) is 4.78. The number of hydrogen-bond donors (Lipinski definition) is 1. The summed E-state index contributed by atoms with van der Waals surface area (Å²) in [6.45, 7) is 6.79. The third kappa shape index (κ3) is 6.33. The lowest BCUT2D eigenvalue weighted by atomic mass is 9.97. The monoisotopic (exact) mass is 472 g/mol. The molecule has 4 rings (SSSR count). The van der Waals surface area contributed by atoms with Gasteiger partial charge in [-0.1, -0.05) is 12.1 Å². The molecule has 0 aliphatic carbocycles. The summed E-state index contributed by atoms with van der Waals surface area (Å²) in [5, 5.41) is 9.64. The Hall–Kier alpha value is -2.51. The molecule has 0 spiro atoms. The first kappa shape index (κ1) is 24.6. The lowest BCUT2D eigenvalue weighted by molar-refractivity contribution is 0.0765. The summed E-state index contributed by atoms with van der Waals surface area (Å²) in [6.07, 6.45) is 2.02. The number of benzene rings is 2. The van der Waals surface area contributed by atoms with Crippen LogP contribution in [0.15, 0.2) is 42.5 Å². The number of rotatable bonds is 7. The van der Waals surface area contributed by atoms with Gasteiger partial charge in [-0.15, -0.1) is 0 Å². The number of piperidine rings is 1. The van der Waals surface area contributed by atoms with Crippen molar-refractivity contribution in [2.75, 3.05) is 39.3 Å². The van der Waals surface area contributed by atoms with E-state index in [0.717, 1.165) is 25.9 Å². The van der Waals surface area contributed by atoms with E-state index in [4.69, 9.17) is 4.74 Å². The summed E-state index contributed by atoms with van der Waals surface area (Å²) in [5.74, 6) is 0.377. The van der Waals surface area contributed by atoms with Crippen molar-refractivity contribution in [1.29, 1.82) is 0 Å². The van der Waals surface area contributed by atoms with Crippen molar-refractivity contribution in [3.63, 3.8) is 0 Å². The number of alkyl halides is 1. The summed E-state index contributed by atoms with van der Waals surface area (Å²) < 4.78 is 34.5. The highest BCUT2D eigenvalue weighted by atomic mass is 19.1. The highest BCUT2D eigenvalue weighted by Crippen LogP contribution is 2.28. The van der Waals surface area contributed by atoms with Gasteiger partial charge in [-0.05, 0) is 81.9 Å². The number of amides is 1. The zero-order valence-corrected chi connectivity index (χ0v) is 20.0. The number of nitrogens with zero attached hydrogens (tertiary/aromatic N) is 2. The second kappa shape index (κ2) is 10.4. The Labute approximate surface area is 200 Å². The first-order valence-corrected chi connectivity index (χ1v) is 12.1. The molecule has 2 heterocycles. The summed E-state index contributed by atoms with van der Waals surface area (Å²) in [5.41, 5.74) is 0.477. The van der Waals surface area contributed by atoms with Crippen molar-refractivity contribution in [1.82, 2.24) is 9.80 Å². The van der Waals surface area contributed by atoms with E-state index in [9.17, 15) is 18.7 Å². The standard InChI is InChI=1S/C27H34F2N2O3/c1-27(2,29)18-30-12-9-19(10-13-30)17-34-23-7-8-24(25(28)15-23)20-3-5-21(6-4-20)26(33)31-14-11-22(32)16-31/h3-8,15,19,22,32H,9-14,16-18H2,1-2H3/t22-/m1/s1. The lowest BCUT2D eigenvalue weighted by Crippen LogP contribution is -2.41. The van der Waals surface area contributed by atoms with Gasteiger partial charge in [-0.2, -0.15) is 0 Å². The maximum Gasteiger partial charge on any atom is 0.253 e. The van der Waals surface area contributed by atoms with Gasteiger partial charge < -0.3 is 19.6 Å². The predicted molar refractivity (Wildman–Crippen MR) is 128 cm³/mol. The summed E-state index contributed by atoms with van der Waals surface area (Å²) in [7, 11) is 0. The number of carbonyl (C=O) groups excluding carboxylic acids is 1. The summed E-state index contributed by atoms with van der Waals surface area (Å²) in [4.78, 5) is 16.3. The number of hydrogen-bond acceptors (Lipinski definition) is 4. The molecule has 2 fully saturated rings. The average molecular weight is 473 g/mol. The molecule has 2 aromatic carbocycles. The predicted octanol–water partition coefficient (Wildman–Crippen LogP) is 4.54. The molecular formula is C27H34F2N2O3. The number of carbonyl (C=O) groups is 1. The highest BCUT2D eigenvalue weighted by molar-refractivity contribution is 5.95. The molecule has 7 heteroatoms. The van der Waals surface area contributed by atoms with E-state index >= 15 is 0 Å². The Bertz CT molecular complexity index is 982. The highest BCUT2D eigenvalue weighted by Gasteiger charge is 2.26. The minimum atomic E-state index is -1.18. The van der Waals surface area contributed by atoms with Crippen molar-refractivity contribution < 1.29 is 23.4 Å². The molecule has 184 valence electrons. The lowest BCUT2D eigenvalue weighted by Gasteiger charge is -2.34. The molecule has 0 saturated carbocycles. The van der Waals surface area contributed by atoms with Gasteiger partial charge in [0.1, 0.15) is 17.2 Å². The van der Waals surface area contributed by atoms with Crippen LogP contribution in [0.5, 0.6) is 5.75 Å². The Morgan fingerprint density at radius 1 is 1.09 bits per heavy atom. The molecule has 2 aliphatic rings. The summed E-state index contributed by atoms with van der Waals surface area (Å²) in [6, 6.07) is 11.7. The topological polar surface area (TPSA) is 53.0 Å². The van der Waals surface area contributed by atoms with Crippen LogP contribution in [0.2, 0.25) is 0 Å². The number of aliphatic hydroxyl groups excluding tert-OH is 1. The zero-order valence-electron chi connectivity index (χ0n) is 20.0. The molecular weight excluding hydrogens is 438 g/mol. The van der Waals surface area contributed by atoms with Crippen molar-refractivity contribution in [2.45, 2.75) is 44.9 Å². The maximum atomic E-state index is 14.8. The van der Waals surface area contributed by atoms with Crippen LogP contribution in [-0.4, -0.2) is 71.9 Å². The second-order valence-corrected chi connectivity index (χ2v) is 10.2. The van der Waals surface area contributed by atoms with Crippen LogP contribution in [0.4, 0.5) is 8.78 Å². The molecule has 2 aliphatic heterocycles. The molecule has 2 aromatic rings. The van der Waals surface area contributed by atoms with Gasteiger partial charge in [-0.3, -0.25) is 4.79 Å². The maximum absolute atomic E-state index is 14.8. The minimum Gasteiger partial charge on any atom is -0.493 e. The molecule has 0 aromatic heterocycles. The van der Waals surface area contributed by atoms with Crippen LogP contribution in [0, 0.1) is 11.7 Å². The Morgan fingerprint density at radius 3 is 2.38 bits per heavy atom. The first-order valence-electron chi connectivity index (χ1n) is 12.1. The van der Waals surface area contributed by atoms with E-state index in [1.807, 2.05) is 0 Å². The number of aliphatic hydroxyl groups is 1. The number of likely N-dealkylation sites (tertiary alicyclic amines) is 2. The van der Waals surface area contributed by atoms with Gasteiger partial charge in [0.2, 0.25) is 0 Å². The van der Waals surface area contributed by atoms with E-state index < -0.39 is 11.8 Å². The molecule has 2 saturated heterocycles. The van der Waals surface area contributed by atoms with Crippen molar-refractivity contribution >= 4 is 5.91 Å². The van der Waals surface area contributed by atoms with Gasteiger partial charge in [-0.25, -0.2) is 8.78 Å². The number of ether oxygens (including phenoxy) is 1. The Balaban J connectivity index is 1.31. The molecule has 5 nitrogen and oxygen atoms in total. The molecule has 0 unspecified atom stereocenters. The third-order valence-corrected chi connectivity index (χ3v) is 6.63. The van der Waals surface area contributed by atoms with Gasteiger partial charge in [0.25, 0.3) is 5.91 Å². The van der Waals surface area contributed by atoms with Crippen LogP contribution >= 0.6 is 0 Å². The van der Waals surface area contributed by atoms with Crippen molar-refractivity contribution in [3.8, 4) is 16.9 Å². The second-order valence-electron chi connectivity index (χ2n) is 10.2. The van der Waals surface area contributed by atoms with Crippen LogP contribution in [0.1, 0.15) is 43.5 Å². The molecule has 34 heavy (non-hydrogen) atoms. The normalized spacial score (nSPS) is 20.0. The molecule has 1 amide bonds. The number of halogens is 2. The van der Waals surface area contributed by atoms with Crippen LogP contribution < -0.4 is 4.74 Å². The number of β-amino-alcohol motifs (C(OH)–C–C–N with tert-alkyl or cyclic N) is 1. The molecule has 1 N–H and O–H groups in total. The van der Waals surface area contributed by atoms with Crippen molar-refractivity contribution in [2.24, 2.45) is 5.92 Å². The van der Waals surface area contributed by atoms with E-state index in [1.165, 1.54) is 6.07 Å². The van der Waals surface area contributed by atoms with E-state index in [0.29, 0.717) is 61.0 Å². The van der Waals surface area contributed by atoms with Gasteiger partial charge in [0, 0.05) is 36.8 Å². The quantitative estimate of drug-likeness (QED) is 0.643. The van der Waals surface area contributed by atoms with Gasteiger partial charge in [0.15, 0.2) is 0 Å². The van der Waals surface area contributed by atoms with E-state index in [2.05, 4.69) is 4.90 Å². The summed E-state index contributed by atoms with van der Waals surface area (Å²) >= 11 is 0. The van der Waals surface area contributed by atoms with E-state index in [-0.39, 0.29) is 11.7 Å². The van der Waals surface area contributed by atoms with E-state index in [1.54, 1.807) is 55.1 Å². The smallest absolute Gasteiger partial charge is 0.253 e. The van der Waals surface area contributed by atoms with Gasteiger partial charge in [0.05, 0.1) is 12.7 Å². The largest absolute Gasteiger partial charge is 0.493 e. The van der Waals surface area contributed by atoms with Crippen molar-refractivity contribution in [3.05, 3.63) is 53.8 Å². The average Bonchev–Trinajstić information content (AvgIpc) is 3.24. The Kier molecular flexibility index (Phi) is 7.53. The fraction of sp³-hybridized carbons (Fsp3) is 0.519. The Morgan fingerprint density at radius 2 is 1.79 bits per heavy atom. The molecule has 1 atom stereocenters. The molecule has 0 radical (unpaired) electrons. The first-order chi connectivity index (χ1) is 16.2. The van der Waals surface area contributed by atoms with Gasteiger partial charge >= 0.3 is 0 Å². The third-order valence-electron chi connectivity index (χ3n) is 6.63. The fourth-order valence-corrected chi connectivity index (χ4v) is 4.78. The SMILES string of the molecule is CC(C)(F)CN1CCC(COc2ccc(-c3ccc(C(=O)N4CC[C@@H](O)C4)cc3)c(F)c2)CC1. The zero-order chi connectivity index (χ0) is 24.3. The minimum absolute atomic E-state index is 0.119. The van der Waals surface area contributed by atoms with Crippen LogP contribution in [0.25, 0.3) is 11.1 Å². The van der Waals surface area contributed by atoms with Crippen LogP contribution in [0.3, 0.4) is 0 Å². The molecule has 0 bridgehead atoms.